The fourth-order valence-electron chi connectivity index (χ4n) is 2.23. The number of carbonyl (C=O) groups excluding carboxylic acids is 1. The van der Waals surface area contributed by atoms with Crippen LogP contribution in [0.25, 0.3) is 0 Å². The molecule has 4 nitrogen and oxygen atoms in total. The second kappa shape index (κ2) is 7.05. The molecule has 2 rings (SSSR count). The zero-order chi connectivity index (χ0) is 14.4. The lowest BCUT2D eigenvalue weighted by atomic mass is 10.1. The van der Waals surface area contributed by atoms with E-state index < -0.39 is 19.7 Å². The number of hydrogen-bond donors (Lipinski definition) is 0. The van der Waals surface area contributed by atoms with Crippen molar-refractivity contribution in [1.82, 2.24) is 0 Å². The molecule has 1 aromatic carbocycles. The average molecular weight is 296 g/mol. The summed E-state index contributed by atoms with van der Waals surface area (Å²) in [4.78, 5) is 11.6. The van der Waals surface area contributed by atoms with Crippen molar-refractivity contribution >= 4 is 13.6 Å². The van der Waals surface area contributed by atoms with Gasteiger partial charge in [0.05, 0.1) is 6.16 Å². The minimum atomic E-state index is -3.21. The Labute approximate surface area is 120 Å². The maximum absolute atomic E-state index is 12.3. The van der Waals surface area contributed by atoms with Gasteiger partial charge in [0.2, 0.25) is 0 Å². The molecule has 1 aliphatic heterocycles. The summed E-state index contributed by atoms with van der Waals surface area (Å²) in [5.74, 6) is -0.457. The van der Waals surface area contributed by atoms with E-state index in [-0.39, 0.29) is 0 Å². The molecule has 1 saturated heterocycles. The molecule has 20 heavy (non-hydrogen) atoms. The summed E-state index contributed by atoms with van der Waals surface area (Å²) in [6.07, 6.45) is 3.63. The van der Waals surface area contributed by atoms with Crippen molar-refractivity contribution in [3.05, 3.63) is 35.9 Å². The maximum Gasteiger partial charge on any atom is 0.382 e. The Morgan fingerprint density at radius 1 is 1.20 bits per heavy atom. The predicted molar refractivity (Wildman–Crippen MR) is 77.7 cm³/mol. The van der Waals surface area contributed by atoms with Gasteiger partial charge in [-0.05, 0) is 24.8 Å². The number of unbranched alkanes of at least 4 members (excludes halogenated alkanes) is 1. The molecule has 0 amide bonds. The first-order chi connectivity index (χ1) is 9.63. The third-order valence-corrected chi connectivity index (χ3v) is 5.24. The van der Waals surface area contributed by atoms with Gasteiger partial charge in [-0.25, -0.2) is 9.36 Å². The first kappa shape index (κ1) is 15.3. The number of benzene rings is 1. The smallest absolute Gasteiger partial charge is 0.382 e. The highest BCUT2D eigenvalue weighted by atomic mass is 31.2. The molecule has 0 N–H and O–H groups in total. The highest BCUT2D eigenvalue weighted by molar-refractivity contribution is 7.54. The highest BCUT2D eigenvalue weighted by Crippen LogP contribution is 2.55. The molecular weight excluding hydrogens is 275 g/mol. The van der Waals surface area contributed by atoms with Gasteiger partial charge in [-0.15, -0.1) is 0 Å². The Hall–Kier alpha value is -1.12. The van der Waals surface area contributed by atoms with Crippen LogP contribution in [0.2, 0.25) is 0 Å². The Balaban J connectivity index is 1.81. The normalized spacial score (nSPS) is 25.6. The highest BCUT2D eigenvalue weighted by Gasteiger charge is 2.43. The fraction of sp³-hybridized carbons (Fsp3) is 0.533. The monoisotopic (exact) mass is 296 g/mol. The van der Waals surface area contributed by atoms with E-state index in [1.165, 1.54) is 5.56 Å². The second-order valence-electron chi connectivity index (χ2n) is 5.07. The largest absolute Gasteiger partial charge is 0.390 e. The van der Waals surface area contributed by atoms with E-state index in [0.717, 1.165) is 19.3 Å². The lowest BCUT2D eigenvalue weighted by Crippen LogP contribution is -2.15. The number of hydrogen-bond acceptors (Lipinski definition) is 4. The molecule has 2 atom stereocenters. The van der Waals surface area contributed by atoms with Crippen molar-refractivity contribution in [2.75, 3.05) is 6.16 Å². The Morgan fingerprint density at radius 3 is 2.65 bits per heavy atom. The van der Waals surface area contributed by atoms with Crippen LogP contribution < -0.4 is 0 Å². The summed E-state index contributed by atoms with van der Waals surface area (Å²) in [5, 5.41) is 0. The summed E-state index contributed by atoms with van der Waals surface area (Å²) in [5.41, 5.74) is 1.19. The van der Waals surface area contributed by atoms with E-state index in [9.17, 15) is 9.36 Å². The summed E-state index contributed by atoms with van der Waals surface area (Å²) < 4.78 is 22.7. The zero-order valence-electron chi connectivity index (χ0n) is 11.8. The second-order valence-corrected chi connectivity index (χ2v) is 7.13. The molecule has 0 aromatic heterocycles. The van der Waals surface area contributed by atoms with Crippen LogP contribution in [0, 0.1) is 0 Å². The molecule has 0 radical (unpaired) electrons. The molecule has 1 heterocycles. The van der Waals surface area contributed by atoms with Crippen LogP contribution in [-0.4, -0.2) is 18.2 Å². The SMILES string of the molecule is CCCC[C@@H]1OP(=O)(CCCc2ccccc2)OC1=O. The third-order valence-electron chi connectivity index (χ3n) is 3.34. The standard InChI is InChI=1S/C15H21O4P/c1-2-3-11-14-15(16)19-20(17,18-14)12-7-10-13-8-5-4-6-9-13/h4-6,8-9,14H,2-3,7,10-12H2,1H3/t14-,20?/m0/s1. The van der Waals surface area contributed by atoms with Crippen LogP contribution in [-0.2, 0) is 24.8 Å². The molecule has 1 unspecified atom stereocenters. The van der Waals surface area contributed by atoms with Gasteiger partial charge in [0.25, 0.3) is 0 Å². The van der Waals surface area contributed by atoms with Crippen LogP contribution in [0.1, 0.15) is 38.2 Å². The Morgan fingerprint density at radius 2 is 1.95 bits per heavy atom. The van der Waals surface area contributed by atoms with Gasteiger partial charge in [-0.1, -0.05) is 50.1 Å². The molecule has 1 fully saturated rings. The summed E-state index contributed by atoms with van der Waals surface area (Å²) in [6, 6.07) is 9.98. The number of rotatable bonds is 7. The quantitative estimate of drug-likeness (QED) is 0.715. The van der Waals surface area contributed by atoms with Gasteiger partial charge >= 0.3 is 13.6 Å². The molecule has 0 bridgehead atoms. The van der Waals surface area contributed by atoms with Crippen LogP contribution in [0.4, 0.5) is 0 Å². The Bertz CT molecular complexity index is 486. The first-order valence-corrected chi connectivity index (χ1v) is 8.90. The lowest BCUT2D eigenvalue weighted by Gasteiger charge is -2.09. The minimum Gasteiger partial charge on any atom is -0.390 e. The van der Waals surface area contributed by atoms with Crippen molar-refractivity contribution in [2.45, 2.75) is 45.1 Å². The van der Waals surface area contributed by atoms with Gasteiger partial charge in [0.15, 0.2) is 6.10 Å². The molecule has 1 aliphatic rings. The fourth-order valence-corrected chi connectivity index (χ4v) is 3.99. The Kier molecular flexibility index (Phi) is 5.38. The van der Waals surface area contributed by atoms with Gasteiger partial charge in [0.1, 0.15) is 0 Å². The van der Waals surface area contributed by atoms with Crippen molar-refractivity contribution in [1.29, 1.82) is 0 Å². The average Bonchev–Trinajstić information content (AvgIpc) is 2.72. The third kappa shape index (κ3) is 4.19. The number of aryl methyl sites for hydroxylation is 1. The van der Waals surface area contributed by atoms with Crippen LogP contribution >= 0.6 is 7.60 Å². The predicted octanol–water partition coefficient (Wildman–Crippen LogP) is 3.94. The molecular formula is C15H21O4P. The molecule has 0 saturated carbocycles. The van der Waals surface area contributed by atoms with Crippen LogP contribution in [0.3, 0.4) is 0 Å². The summed E-state index contributed by atoms with van der Waals surface area (Å²) >= 11 is 0. The van der Waals surface area contributed by atoms with Crippen molar-refractivity contribution in [3.63, 3.8) is 0 Å². The first-order valence-electron chi connectivity index (χ1n) is 7.18. The molecule has 1 aromatic rings. The zero-order valence-corrected chi connectivity index (χ0v) is 12.7. The lowest BCUT2D eigenvalue weighted by molar-refractivity contribution is -0.136. The topological polar surface area (TPSA) is 52.6 Å². The van der Waals surface area contributed by atoms with Gasteiger partial charge < -0.3 is 4.52 Å². The van der Waals surface area contributed by atoms with E-state index >= 15 is 0 Å². The van der Waals surface area contributed by atoms with E-state index in [0.29, 0.717) is 19.0 Å². The van der Waals surface area contributed by atoms with E-state index in [1.54, 1.807) is 0 Å². The van der Waals surface area contributed by atoms with E-state index in [4.69, 9.17) is 9.05 Å². The van der Waals surface area contributed by atoms with Gasteiger partial charge in [-0.3, -0.25) is 4.52 Å². The van der Waals surface area contributed by atoms with Crippen molar-refractivity contribution in [3.8, 4) is 0 Å². The van der Waals surface area contributed by atoms with E-state index in [2.05, 4.69) is 0 Å². The van der Waals surface area contributed by atoms with Crippen molar-refractivity contribution in [2.24, 2.45) is 0 Å². The number of carbonyl (C=O) groups is 1. The molecule has 110 valence electrons. The summed E-state index contributed by atoms with van der Waals surface area (Å²) in [6.45, 7) is 2.04. The summed E-state index contributed by atoms with van der Waals surface area (Å²) in [7, 11) is -3.21. The van der Waals surface area contributed by atoms with Crippen LogP contribution in [0.15, 0.2) is 30.3 Å². The molecule has 0 spiro atoms. The maximum atomic E-state index is 12.3. The molecule has 5 heteroatoms. The van der Waals surface area contributed by atoms with Gasteiger partial charge in [0, 0.05) is 0 Å². The van der Waals surface area contributed by atoms with Gasteiger partial charge in [-0.2, -0.15) is 0 Å². The van der Waals surface area contributed by atoms with E-state index in [1.807, 2.05) is 37.3 Å². The van der Waals surface area contributed by atoms with Crippen LogP contribution in [0.5, 0.6) is 0 Å². The van der Waals surface area contributed by atoms with Crippen molar-refractivity contribution < 1.29 is 18.4 Å². The minimum absolute atomic E-state index is 0.302. The molecule has 0 aliphatic carbocycles.